The van der Waals surface area contributed by atoms with Crippen LogP contribution >= 0.6 is 0 Å². The van der Waals surface area contributed by atoms with Crippen molar-refractivity contribution in [3.05, 3.63) is 23.8 Å². The Kier molecular flexibility index (Phi) is 6.71. The minimum Gasteiger partial charge on any atom is -0.497 e. The highest BCUT2D eigenvalue weighted by molar-refractivity contribution is 5.79. The molecule has 1 saturated heterocycles. The first-order valence-corrected chi connectivity index (χ1v) is 8.38. The molecular weight excluding hydrogens is 292 g/mol. The summed E-state index contributed by atoms with van der Waals surface area (Å²) in [6.45, 7) is 5.50. The predicted molar refractivity (Wildman–Crippen MR) is 91.1 cm³/mol. The summed E-state index contributed by atoms with van der Waals surface area (Å²) >= 11 is 0. The zero-order valence-corrected chi connectivity index (χ0v) is 14.4. The van der Waals surface area contributed by atoms with Crippen molar-refractivity contribution in [2.24, 2.45) is 0 Å². The van der Waals surface area contributed by atoms with Crippen molar-refractivity contribution in [3.8, 4) is 11.5 Å². The van der Waals surface area contributed by atoms with Crippen LogP contribution in [0.15, 0.2) is 18.2 Å². The second kappa shape index (κ2) is 8.77. The van der Waals surface area contributed by atoms with Gasteiger partial charge in [0, 0.05) is 24.7 Å². The van der Waals surface area contributed by atoms with Crippen molar-refractivity contribution in [1.82, 2.24) is 10.2 Å². The van der Waals surface area contributed by atoms with Crippen molar-refractivity contribution < 1.29 is 14.3 Å². The fourth-order valence-electron chi connectivity index (χ4n) is 3.09. The Morgan fingerprint density at radius 1 is 1.26 bits per heavy atom. The molecule has 5 heteroatoms. The number of methoxy groups -OCH3 is 2. The molecule has 0 atom stereocenters. The van der Waals surface area contributed by atoms with Gasteiger partial charge in [-0.05, 0) is 44.0 Å². The van der Waals surface area contributed by atoms with Crippen molar-refractivity contribution >= 4 is 5.91 Å². The SMILES string of the molecule is CCCN1CCC(NC(=O)Cc2cc(OC)ccc2OC)CC1. The summed E-state index contributed by atoms with van der Waals surface area (Å²) in [6, 6.07) is 5.82. The quantitative estimate of drug-likeness (QED) is 0.837. The summed E-state index contributed by atoms with van der Waals surface area (Å²) in [5.74, 6) is 1.51. The number of nitrogens with zero attached hydrogens (tertiary/aromatic N) is 1. The highest BCUT2D eigenvalue weighted by atomic mass is 16.5. The number of piperidine rings is 1. The van der Waals surface area contributed by atoms with Gasteiger partial charge in [0.25, 0.3) is 0 Å². The molecular formula is C18H28N2O3. The van der Waals surface area contributed by atoms with E-state index < -0.39 is 0 Å². The molecule has 0 saturated carbocycles. The standard InChI is InChI=1S/C18H28N2O3/c1-4-9-20-10-7-15(8-11-20)19-18(21)13-14-12-16(22-2)5-6-17(14)23-3/h5-6,12,15H,4,7-11,13H2,1-3H3,(H,19,21). The van der Waals surface area contributed by atoms with Gasteiger partial charge >= 0.3 is 0 Å². The largest absolute Gasteiger partial charge is 0.497 e. The van der Waals surface area contributed by atoms with Gasteiger partial charge < -0.3 is 19.7 Å². The smallest absolute Gasteiger partial charge is 0.224 e. The van der Waals surface area contributed by atoms with E-state index in [0.717, 1.165) is 49.5 Å². The summed E-state index contributed by atoms with van der Waals surface area (Å²) in [5, 5.41) is 3.16. The van der Waals surface area contributed by atoms with Crippen molar-refractivity contribution in [1.29, 1.82) is 0 Å². The lowest BCUT2D eigenvalue weighted by atomic mass is 10.0. The molecule has 0 unspecified atom stereocenters. The summed E-state index contributed by atoms with van der Waals surface area (Å²) in [6.07, 6.45) is 3.56. The average molecular weight is 320 g/mol. The minimum absolute atomic E-state index is 0.0468. The molecule has 5 nitrogen and oxygen atoms in total. The number of hydrogen-bond donors (Lipinski definition) is 1. The molecule has 1 aliphatic rings. The van der Waals surface area contributed by atoms with Crippen LogP contribution in [0.5, 0.6) is 11.5 Å². The molecule has 0 aliphatic carbocycles. The van der Waals surface area contributed by atoms with Gasteiger partial charge in [0.1, 0.15) is 11.5 Å². The number of amides is 1. The molecule has 1 aromatic rings. The molecule has 1 fully saturated rings. The Hall–Kier alpha value is -1.75. The summed E-state index contributed by atoms with van der Waals surface area (Å²) < 4.78 is 10.6. The second-order valence-electron chi connectivity index (χ2n) is 6.04. The Balaban J connectivity index is 1.88. The van der Waals surface area contributed by atoms with Crippen molar-refractivity contribution in [2.75, 3.05) is 33.9 Å². The number of benzene rings is 1. The molecule has 0 aromatic heterocycles. The average Bonchev–Trinajstić information content (AvgIpc) is 2.56. The summed E-state index contributed by atoms with van der Waals surface area (Å²) in [4.78, 5) is 14.8. The third-order valence-electron chi connectivity index (χ3n) is 4.33. The van der Waals surface area contributed by atoms with Gasteiger partial charge in [-0.2, -0.15) is 0 Å². The number of carbonyl (C=O) groups excluding carboxylic acids is 1. The van der Waals surface area contributed by atoms with Gasteiger partial charge in [0.2, 0.25) is 5.91 Å². The third-order valence-corrected chi connectivity index (χ3v) is 4.33. The van der Waals surface area contributed by atoms with Crippen LogP contribution in [0, 0.1) is 0 Å². The molecule has 1 amide bonds. The molecule has 0 radical (unpaired) electrons. The first kappa shape index (κ1) is 17.6. The molecule has 1 N–H and O–H groups in total. The Bertz CT molecular complexity index is 511. The normalized spacial score (nSPS) is 16.1. The van der Waals surface area contributed by atoms with E-state index in [1.807, 2.05) is 18.2 Å². The van der Waals surface area contributed by atoms with Crippen LogP contribution in [0.1, 0.15) is 31.7 Å². The first-order chi connectivity index (χ1) is 11.2. The summed E-state index contributed by atoms with van der Waals surface area (Å²) in [7, 11) is 3.24. The molecule has 0 spiro atoms. The number of carbonyl (C=O) groups is 1. The fraction of sp³-hybridized carbons (Fsp3) is 0.611. The fourth-order valence-corrected chi connectivity index (χ4v) is 3.09. The molecule has 1 aliphatic heterocycles. The van der Waals surface area contributed by atoms with Crippen molar-refractivity contribution in [2.45, 2.75) is 38.6 Å². The number of ether oxygens (including phenoxy) is 2. The number of likely N-dealkylation sites (tertiary alicyclic amines) is 1. The molecule has 1 aromatic carbocycles. The van der Waals surface area contributed by atoms with Crippen LogP contribution < -0.4 is 14.8 Å². The number of nitrogens with one attached hydrogen (secondary N) is 1. The highest BCUT2D eigenvalue weighted by Crippen LogP contribution is 2.24. The predicted octanol–water partition coefficient (Wildman–Crippen LogP) is 2.24. The van der Waals surface area contributed by atoms with Crippen LogP contribution in [-0.4, -0.2) is 50.7 Å². The Labute approximate surface area is 139 Å². The second-order valence-corrected chi connectivity index (χ2v) is 6.04. The van der Waals surface area contributed by atoms with Gasteiger partial charge in [0.15, 0.2) is 0 Å². The maximum atomic E-state index is 12.3. The highest BCUT2D eigenvalue weighted by Gasteiger charge is 2.20. The first-order valence-electron chi connectivity index (χ1n) is 8.38. The lowest BCUT2D eigenvalue weighted by Gasteiger charge is -2.32. The number of hydrogen-bond acceptors (Lipinski definition) is 4. The lowest BCUT2D eigenvalue weighted by Crippen LogP contribution is -2.45. The topological polar surface area (TPSA) is 50.8 Å². The minimum atomic E-state index is 0.0468. The van der Waals surface area contributed by atoms with E-state index in [1.165, 1.54) is 6.42 Å². The third kappa shape index (κ3) is 5.13. The van der Waals surface area contributed by atoms with E-state index in [9.17, 15) is 4.79 Å². The van der Waals surface area contributed by atoms with E-state index in [1.54, 1.807) is 14.2 Å². The maximum Gasteiger partial charge on any atom is 0.224 e. The van der Waals surface area contributed by atoms with E-state index in [4.69, 9.17) is 9.47 Å². The van der Waals surface area contributed by atoms with Crippen LogP contribution in [0.25, 0.3) is 0 Å². The monoisotopic (exact) mass is 320 g/mol. The zero-order valence-electron chi connectivity index (χ0n) is 14.4. The van der Waals surface area contributed by atoms with Crippen LogP contribution in [0.3, 0.4) is 0 Å². The maximum absolute atomic E-state index is 12.3. The van der Waals surface area contributed by atoms with Crippen LogP contribution in [-0.2, 0) is 11.2 Å². The lowest BCUT2D eigenvalue weighted by molar-refractivity contribution is -0.121. The van der Waals surface area contributed by atoms with Gasteiger partial charge in [0.05, 0.1) is 20.6 Å². The van der Waals surface area contributed by atoms with E-state index >= 15 is 0 Å². The van der Waals surface area contributed by atoms with E-state index in [0.29, 0.717) is 6.42 Å². The van der Waals surface area contributed by atoms with Gasteiger partial charge in [-0.1, -0.05) is 6.92 Å². The molecule has 128 valence electrons. The molecule has 23 heavy (non-hydrogen) atoms. The van der Waals surface area contributed by atoms with Gasteiger partial charge in [-0.3, -0.25) is 4.79 Å². The zero-order chi connectivity index (χ0) is 16.7. The Morgan fingerprint density at radius 3 is 2.61 bits per heavy atom. The van der Waals surface area contributed by atoms with E-state index in [-0.39, 0.29) is 11.9 Å². The van der Waals surface area contributed by atoms with Gasteiger partial charge in [-0.15, -0.1) is 0 Å². The van der Waals surface area contributed by atoms with Crippen LogP contribution in [0.2, 0.25) is 0 Å². The summed E-state index contributed by atoms with van der Waals surface area (Å²) in [5.41, 5.74) is 0.854. The molecule has 0 bridgehead atoms. The van der Waals surface area contributed by atoms with Crippen molar-refractivity contribution in [3.63, 3.8) is 0 Å². The van der Waals surface area contributed by atoms with Gasteiger partial charge in [-0.25, -0.2) is 0 Å². The molecule has 1 heterocycles. The van der Waals surface area contributed by atoms with Crippen LogP contribution in [0.4, 0.5) is 0 Å². The van der Waals surface area contributed by atoms with E-state index in [2.05, 4.69) is 17.1 Å². The number of rotatable bonds is 7. The Morgan fingerprint density at radius 2 is 2.00 bits per heavy atom. The molecule has 2 rings (SSSR count).